The predicted octanol–water partition coefficient (Wildman–Crippen LogP) is 7.23. The molecule has 1 aromatic heterocycles. The van der Waals surface area contributed by atoms with Gasteiger partial charge in [0.1, 0.15) is 22.9 Å². The van der Waals surface area contributed by atoms with Gasteiger partial charge in [0.25, 0.3) is 11.6 Å². The number of carbonyl (C=O) groups excluding carboxylic acids is 2. The van der Waals surface area contributed by atoms with Crippen LogP contribution in [0.3, 0.4) is 0 Å². The number of rotatable bonds is 9. The Hall–Kier alpha value is -6.03. The topological polar surface area (TPSA) is 130 Å². The molecule has 224 valence electrons. The highest BCUT2D eigenvalue weighted by Crippen LogP contribution is 2.38. The number of nitrogens with zero attached hydrogens (tertiary/aromatic N) is 2. The van der Waals surface area contributed by atoms with Crippen LogP contribution in [0.25, 0.3) is 22.6 Å². The summed E-state index contributed by atoms with van der Waals surface area (Å²) in [4.78, 5) is 42.0. The number of carbonyl (C=O) groups is 2. The molecular formula is C35H27N3O7. The van der Waals surface area contributed by atoms with E-state index in [4.69, 9.17) is 19.2 Å². The fraction of sp³-hybridized carbons (Fsp3) is 0.114. The zero-order chi connectivity index (χ0) is 31.3. The van der Waals surface area contributed by atoms with Crippen LogP contribution in [0.1, 0.15) is 33.6 Å². The van der Waals surface area contributed by atoms with Crippen molar-refractivity contribution in [2.75, 3.05) is 19.0 Å². The Morgan fingerprint density at radius 1 is 0.911 bits per heavy atom. The maximum atomic E-state index is 13.5. The Morgan fingerprint density at radius 3 is 2.49 bits per heavy atom. The van der Waals surface area contributed by atoms with Gasteiger partial charge in [-0.2, -0.15) is 0 Å². The number of nitro benzene ring substituents is 1. The monoisotopic (exact) mass is 601 g/mol. The molecule has 0 radical (unpaired) electrons. The lowest BCUT2D eigenvalue weighted by Crippen LogP contribution is -2.22. The van der Waals surface area contributed by atoms with Crippen molar-refractivity contribution in [1.82, 2.24) is 4.98 Å². The first-order chi connectivity index (χ1) is 21.9. The number of hydrogen-bond donors (Lipinski definition) is 1. The van der Waals surface area contributed by atoms with E-state index in [1.54, 1.807) is 6.07 Å². The first kappa shape index (κ1) is 29.1. The molecular weight excluding hydrogens is 574 g/mol. The van der Waals surface area contributed by atoms with E-state index < -0.39 is 23.4 Å². The van der Waals surface area contributed by atoms with Crippen molar-refractivity contribution in [1.29, 1.82) is 0 Å². The molecule has 0 aliphatic heterocycles. The molecule has 1 N–H and O–H groups in total. The van der Waals surface area contributed by atoms with Gasteiger partial charge < -0.3 is 19.5 Å². The molecule has 0 bridgehead atoms. The number of amides is 1. The quantitative estimate of drug-likeness (QED) is 0.106. The minimum absolute atomic E-state index is 0.0369. The lowest BCUT2D eigenvalue weighted by Gasteiger charge is -2.13. The Balaban J connectivity index is 1.24. The van der Waals surface area contributed by atoms with Crippen LogP contribution in [0, 0.1) is 10.1 Å². The van der Waals surface area contributed by atoms with Crippen molar-refractivity contribution in [2.24, 2.45) is 0 Å². The van der Waals surface area contributed by atoms with Gasteiger partial charge in [-0.15, -0.1) is 0 Å². The summed E-state index contributed by atoms with van der Waals surface area (Å²) in [7, 11) is 1.38. The number of nitro groups is 1. The van der Waals surface area contributed by atoms with Crippen LogP contribution in [0.2, 0.25) is 0 Å². The molecule has 1 aliphatic rings. The molecule has 0 fully saturated rings. The predicted molar refractivity (Wildman–Crippen MR) is 169 cm³/mol. The molecule has 1 aliphatic carbocycles. The van der Waals surface area contributed by atoms with Crippen molar-refractivity contribution >= 4 is 45.8 Å². The van der Waals surface area contributed by atoms with E-state index in [-0.39, 0.29) is 17.1 Å². The van der Waals surface area contributed by atoms with Crippen molar-refractivity contribution in [3.05, 3.63) is 130 Å². The number of benzene rings is 4. The first-order valence-corrected chi connectivity index (χ1v) is 14.1. The normalized spacial score (nSPS) is 12.9. The fourth-order valence-electron chi connectivity index (χ4n) is 5.29. The Labute approximate surface area is 258 Å². The molecule has 0 atom stereocenters. The van der Waals surface area contributed by atoms with E-state index >= 15 is 0 Å². The average Bonchev–Trinajstić information content (AvgIpc) is 3.44. The molecule has 1 amide bonds. The summed E-state index contributed by atoms with van der Waals surface area (Å²) >= 11 is 0. The van der Waals surface area contributed by atoms with Crippen molar-refractivity contribution in [2.45, 2.75) is 12.8 Å². The summed E-state index contributed by atoms with van der Waals surface area (Å²) in [5.74, 6) is 0.309. The van der Waals surface area contributed by atoms with Gasteiger partial charge in [-0.05, 0) is 78.1 Å². The minimum Gasteiger partial charge on any atom is -0.496 e. The van der Waals surface area contributed by atoms with Crippen LogP contribution >= 0.6 is 0 Å². The third-order valence-corrected chi connectivity index (χ3v) is 7.33. The lowest BCUT2D eigenvalue weighted by atomic mass is 10.0. The second-order valence-electron chi connectivity index (χ2n) is 10.3. The van der Waals surface area contributed by atoms with E-state index in [1.807, 2.05) is 78.9 Å². The number of esters is 1. The van der Waals surface area contributed by atoms with Gasteiger partial charge in [0.05, 0.1) is 34.9 Å². The SMILES string of the molecule is COc1ccc(NC(=O)COC(=O)c2c3c(nc4ccccc24)C(=Cc2cccc(Oc4ccccc4)c2)CC3)c([N+](=O)[O-])c1. The molecule has 1 heterocycles. The Kier molecular flexibility index (Phi) is 8.19. The zero-order valence-electron chi connectivity index (χ0n) is 24.2. The number of hydrogen-bond acceptors (Lipinski definition) is 8. The molecule has 5 aromatic rings. The molecule has 0 saturated carbocycles. The smallest absolute Gasteiger partial charge is 0.339 e. The van der Waals surface area contributed by atoms with Gasteiger partial charge in [0.2, 0.25) is 0 Å². The second-order valence-corrected chi connectivity index (χ2v) is 10.3. The summed E-state index contributed by atoms with van der Waals surface area (Å²) in [6.45, 7) is -0.635. The summed E-state index contributed by atoms with van der Waals surface area (Å²) in [6, 6.07) is 28.6. The summed E-state index contributed by atoms with van der Waals surface area (Å²) in [5, 5.41) is 14.6. The number of allylic oxidation sites excluding steroid dienone is 1. The summed E-state index contributed by atoms with van der Waals surface area (Å²) < 4.78 is 16.5. The molecule has 45 heavy (non-hydrogen) atoms. The van der Waals surface area contributed by atoms with Gasteiger partial charge in [0, 0.05) is 5.39 Å². The number of methoxy groups -OCH3 is 1. The molecule has 0 unspecified atom stereocenters. The number of aromatic nitrogens is 1. The first-order valence-electron chi connectivity index (χ1n) is 14.1. The summed E-state index contributed by atoms with van der Waals surface area (Å²) in [6.07, 6.45) is 3.26. The highest BCUT2D eigenvalue weighted by Gasteiger charge is 2.28. The van der Waals surface area contributed by atoms with Crippen LogP contribution in [0.4, 0.5) is 11.4 Å². The standard InChI is InChI=1S/C35H27N3O7/c1-43-25-15-17-30(31(20-25)38(41)42)36-32(39)21-44-35(40)33-27-12-5-6-13-29(27)37-34-23(14-16-28(33)34)18-22-8-7-11-26(19-22)45-24-9-3-2-4-10-24/h2-13,15,17-20H,14,16,21H2,1H3,(H,36,39). The van der Waals surface area contributed by atoms with Crippen LogP contribution < -0.4 is 14.8 Å². The Morgan fingerprint density at radius 2 is 1.69 bits per heavy atom. The summed E-state index contributed by atoms with van der Waals surface area (Å²) in [5.41, 5.74) is 3.93. The number of nitrogens with one attached hydrogen (secondary N) is 1. The number of anilines is 1. The van der Waals surface area contributed by atoms with Crippen molar-refractivity contribution in [3.8, 4) is 17.2 Å². The largest absolute Gasteiger partial charge is 0.496 e. The van der Waals surface area contributed by atoms with E-state index in [1.165, 1.54) is 25.3 Å². The lowest BCUT2D eigenvalue weighted by molar-refractivity contribution is -0.384. The van der Waals surface area contributed by atoms with E-state index in [2.05, 4.69) is 5.32 Å². The third-order valence-electron chi connectivity index (χ3n) is 7.33. The minimum atomic E-state index is -0.718. The van der Waals surface area contributed by atoms with E-state index in [0.29, 0.717) is 40.8 Å². The average molecular weight is 602 g/mol. The van der Waals surface area contributed by atoms with Gasteiger partial charge in [-0.25, -0.2) is 9.78 Å². The van der Waals surface area contributed by atoms with Gasteiger partial charge in [-0.3, -0.25) is 14.9 Å². The van der Waals surface area contributed by atoms with Crippen LogP contribution in [0.15, 0.2) is 97.1 Å². The highest BCUT2D eigenvalue weighted by atomic mass is 16.6. The number of para-hydroxylation sites is 2. The molecule has 4 aromatic carbocycles. The van der Waals surface area contributed by atoms with Crippen LogP contribution in [-0.4, -0.2) is 35.5 Å². The number of ether oxygens (including phenoxy) is 3. The van der Waals surface area contributed by atoms with Crippen molar-refractivity contribution in [3.63, 3.8) is 0 Å². The molecule has 0 saturated heterocycles. The number of fused-ring (bicyclic) bond motifs is 2. The van der Waals surface area contributed by atoms with E-state index in [0.717, 1.165) is 22.4 Å². The molecule has 6 rings (SSSR count). The third kappa shape index (κ3) is 6.35. The second kappa shape index (κ2) is 12.7. The van der Waals surface area contributed by atoms with E-state index in [9.17, 15) is 19.7 Å². The highest BCUT2D eigenvalue weighted by molar-refractivity contribution is 6.08. The fourth-order valence-corrected chi connectivity index (χ4v) is 5.29. The maximum Gasteiger partial charge on any atom is 0.339 e. The van der Waals surface area contributed by atoms with Crippen LogP contribution in [0.5, 0.6) is 17.2 Å². The Bertz CT molecular complexity index is 1970. The maximum absolute atomic E-state index is 13.5. The molecule has 0 spiro atoms. The van der Waals surface area contributed by atoms with Crippen molar-refractivity contribution < 1.29 is 28.7 Å². The molecule has 10 heteroatoms. The number of pyridine rings is 1. The zero-order valence-corrected chi connectivity index (χ0v) is 24.2. The van der Waals surface area contributed by atoms with Gasteiger partial charge in [0.15, 0.2) is 6.61 Å². The van der Waals surface area contributed by atoms with Crippen LogP contribution in [-0.2, 0) is 16.0 Å². The molecule has 10 nitrogen and oxygen atoms in total. The van der Waals surface area contributed by atoms with Gasteiger partial charge >= 0.3 is 5.97 Å². The van der Waals surface area contributed by atoms with Gasteiger partial charge in [-0.1, -0.05) is 48.5 Å².